The van der Waals surface area contributed by atoms with Gasteiger partial charge in [-0.15, -0.1) is 0 Å². The van der Waals surface area contributed by atoms with Crippen LogP contribution in [0, 0.1) is 5.82 Å². The van der Waals surface area contributed by atoms with Gasteiger partial charge in [0, 0.05) is 35.9 Å². The summed E-state index contributed by atoms with van der Waals surface area (Å²) in [6, 6.07) is 8.47. The van der Waals surface area contributed by atoms with E-state index in [0.29, 0.717) is 30.5 Å². The van der Waals surface area contributed by atoms with Gasteiger partial charge in [0.05, 0.1) is 43.2 Å². The fourth-order valence-corrected chi connectivity index (χ4v) is 5.26. The Labute approximate surface area is 241 Å². The molecule has 2 aliphatic rings. The number of fused-ring (bicyclic) bond motifs is 1. The lowest BCUT2D eigenvalue weighted by molar-refractivity contribution is -0.127. The lowest BCUT2D eigenvalue weighted by atomic mass is 10.0. The molecule has 0 aliphatic carbocycles. The number of aliphatic hydroxyl groups is 1. The summed E-state index contributed by atoms with van der Waals surface area (Å²) in [6.45, 7) is 2.26. The van der Waals surface area contributed by atoms with E-state index in [9.17, 15) is 14.7 Å². The maximum atomic E-state index is 15.4. The van der Waals surface area contributed by atoms with Gasteiger partial charge < -0.3 is 30.1 Å². The number of halogens is 2. The smallest absolute Gasteiger partial charge is 0.255 e. The average molecular weight is 584 g/mol. The van der Waals surface area contributed by atoms with Gasteiger partial charge in [-0.1, -0.05) is 23.7 Å². The van der Waals surface area contributed by atoms with E-state index in [0.717, 1.165) is 18.4 Å². The molecule has 10 nitrogen and oxygen atoms in total. The molecule has 1 fully saturated rings. The summed E-state index contributed by atoms with van der Waals surface area (Å²) in [7, 11) is 1.55. The Morgan fingerprint density at radius 1 is 1.29 bits per heavy atom. The number of aromatic nitrogens is 2. The van der Waals surface area contributed by atoms with Crippen molar-refractivity contribution < 1.29 is 28.6 Å². The largest absolute Gasteiger partial charge is 0.497 e. The van der Waals surface area contributed by atoms with Gasteiger partial charge >= 0.3 is 0 Å². The van der Waals surface area contributed by atoms with Crippen LogP contribution in [0.2, 0.25) is 5.02 Å². The second kappa shape index (κ2) is 12.4. The quantitative estimate of drug-likeness (QED) is 0.348. The number of amides is 2. The number of hydrogen-bond acceptors (Lipinski definition) is 8. The van der Waals surface area contributed by atoms with Crippen molar-refractivity contribution in [2.45, 2.75) is 44.4 Å². The van der Waals surface area contributed by atoms with E-state index in [1.165, 1.54) is 23.2 Å². The first-order valence-corrected chi connectivity index (χ1v) is 13.7. The molecule has 1 aromatic heterocycles. The van der Waals surface area contributed by atoms with Crippen molar-refractivity contribution in [2.75, 3.05) is 32.2 Å². The van der Waals surface area contributed by atoms with Crippen LogP contribution in [0.25, 0.3) is 11.3 Å². The lowest BCUT2D eigenvalue weighted by Gasteiger charge is -2.27. The number of aliphatic hydroxyl groups excluding tert-OH is 1. The molecule has 2 aromatic carbocycles. The number of ether oxygens (including phenoxy) is 2. The minimum absolute atomic E-state index is 0.0840. The molecule has 3 N–H and O–H groups in total. The molecular formula is C29H31ClFN5O5. The molecule has 41 heavy (non-hydrogen) atoms. The number of methoxy groups -OCH3 is 1. The normalized spacial score (nSPS) is 16.7. The third-order valence-corrected chi connectivity index (χ3v) is 7.67. The van der Waals surface area contributed by atoms with Crippen molar-refractivity contribution >= 4 is 29.4 Å². The van der Waals surface area contributed by atoms with E-state index in [4.69, 9.17) is 21.1 Å². The molecule has 2 aliphatic heterocycles. The zero-order chi connectivity index (χ0) is 29.1. The van der Waals surface area contributed by atoms with Crippen LogP contribution in [0.5, 0.6) is 5.75 Å². The van der Waals surface area contributed by atoms with Crippen LogP contribution < -0.4 is 15.4 Å². The van der Waals surface area contributed by atoms with Crippen molar-refractivity contribution in [2.24, 2.45) is 0 Å². The zero-order valence-corrected chi connectivity index (χ0v) is 23.4. The monoisotopic (exact) mass is 583 g/mol. The first-order valence-electron chi connectivity index (χ1n) is 13.3. The Morgan fingerprint density at radius 2 is 2.07 bits per heavy atom. The van der Waals surface area contributed by atoms with Crippen LogP contribution >= 0.6 is 11.6 Å². The molecule has 1 saturated heterocycles. The molecule has 12 heteroatoms. The highest BCUT2D eigenvalue weighted by Gasteiger charge is 2.38. The molecular weight excluding hydrogens is 553 g/mol. The number of carbonyl (C=O) groups excluding carboxylic acids is 2. The number of hydrogen-bond donors (Lipinski definition) is 3. The minimum atomic E-state index is -1.22. The second-order valence-electron chi connectivity index (χ2n) is 10.0. The zero-order valence-electron chi connectivity index (χ0n) is 22.7. The maximum absolute atomic E-state index is 15.4. The number of benzene rings is 2. The van der Waals surface area contributed by atoms with Gasteiger partial charge in [-0.3, -0.25) is 9.59 Å². The Bertz CT molecular complexity index is 1450. The molecule has 3 aromatic rings. The third-order valence-electron chi connectivity index (χ3n) is 7.39. The fourth-order valence-electron chi connectivity index (χ4n) is 5.06. The topological polar surface area (TPSA) is 126 Å². The summed E-state index contributed by atoms with van der Waals surface area (Å²) in [5, 5.41) is 16.4. The summed E-state index contributed by atoms with van der Waals surface area (Å²) in [5.74, 6) is -0.799. The highest BCUT2D eigenvalue weighted by molar-refractivity contribution is 6.33. The molecule has 2 unspecified atom stereocenters. The Balaban J connectivity index is 1.35. The molecule has 2 atom stereocenters. The van der Waals surface area contributed by atoms with Crippen molar-refractivity contribution in [3.63, 3.8) is 0 Å². The molecule has 0 radical (unpaired) electrons. The van der Waals surface area contributed by atoms with Crippen LogP contribution in [-0.4, -0.2) is 70.8 Å². The predicted octanol–water partition coefficient (Wildman–Crippen LogP) is 3.73. The maximum Gasteiger partial charge on any atom is 0.255 e. The first-order chi connectivity index (χ1) is 19.8. The first kappa shape index (κ1) is 28.7. The van der Waals surface area contributed by atoms with Crippen LogP contribution in [0.15, 0.2) is 42.6 Å². The Kier molecular flexibility index (Phi) is 8.67. The van der Waals surface area contributed by atoms with Gasteiger partial charge in [0.1, 0.15) is 17.6 Å². The minimum Gasteiger partial charge on any atom is -0.497 e. The number of nitrogens with one attached hydrogen (secondary N) is 2. The summed E-state index contributed by atoms with van der Waals surface area (Å²) in [4.78, 5) is 36.5. The highest BCUT2D eigenvalue weighted by atomic mass is 35.5. The van der Waals surface area contributed by atoms with Gasteiger partial charge in [-0.05, 0) is 49.6 Å². The SMILES string of the molecule is COc1cccc(C(C)NC(=O)C(CO)N2Cc3c(F)cc(-c4nc(NC5CCOCC5)ncc4Cl)cc3C2=O)c1. The van der Waals surface area contributed by atoms with Gasteiger partial charge in [0.15, 0.2) is 0 Å². The Morgan fingerprint density at radius 3 is 2.80 bits per heavy atom. The average Bonchev–Trinajstić information content (AvgIpc) is 3.31. The predicted molar refractivity (Wildman–Crippen MR) is 150 cm³/mol. The van der Waals surface area contributed by atoms with Crippen LogP contribution in [0.4, 0.5) is 10.3 Å². The molecule has 5 rings (SSSR count). The number of carbonyl (C=O) groups is 2. The van der Waals surface area contributed by atoms with Crippen molar-refractivity contribution in [1.29, 1.82) is 0 Å². The molecule has 0 bridgehead atoms. The lowest BCUT2D eigenvalue weighted by Crippen LogP contribution is -2.49. The van der Waals surface area contributed by atoms with Crippen LogP contribution in [0.3, 0.4) is 0 Å². The third kappa shape index (κ3) is 6.12. The summed E-state index contributed by atoms with van der Waals surface area (Å²) in [5.41, 5.74) is 1.58. The fraction of sp³-hybridized carbons (Fsp3) is 0.379. The molecule has 2 amide bonds. The Hall–Kier alpha value is -3.80. The molecule has 216 valence electrons. The van der Waals surface area contributed by atoms with E-state index in [2.05, 4.69) is 20.6 Å². The standard InChI is InChI=1S/C29H31ClFN5O5/c1-16(17-4-3-5-20(10-17)40-2)33-27(38)25(15-37)36-14-22-21(28(36)39)11-18(12-24(22)31)26-23(30)13-32-29(35-26)34-19-6-8-41-9-7-19/h3-5,10-13,16,19,25,37H,6-9,14-15H2,1-2H3,(H,33,38)(H,32,34,35). The van der Waals surface area contributed by atoms with Gasteiger partial charge in [-0.25, -0.2) is 14.4 Å². The van der Waals surface area contributed by atoms with E-state index < -0.39 is 36.3 Å². The summed E-state index contributed by atoms with van der Waals surface area (Å²) in [6.07, 6.45) is 3.04. The molecule has 0 saturated carbocycles. The van der Waals surface area contributed by atoms with Crippen molar-refractivity contribution in [1.82, 2.24) is 20.2 Å². The van der Waals surface area contributed by atoms with E-state index in [1.54, 1.807) is 32.2 Å². The number of nitrogens with zero attached hydrogens (tertiary/aromatic N) is 3. The van der Waals surface area contributed by atoms with Crippen LogP contribution in [-0.2, 0) is 16.1 Å². The van der Waals surface area contributed by atoms with E-state index in [1.807, 2.05) is 6.07 Å². The van der Waals surface area contributed by atoms with Crippen LogP contribution in [0.1, 0.15) is 47.3 Å². The summed E-state index contributed by atoms with van der Waals surface area (Å²) >= 11 is 6.39. The number of anilines is 1. The van der Waals surface area contributed by atoms with E-state index >= 15 is 4.39 Å². The van der Waals surface area contributed by atoms with Crippen molar-refractivity contribution in [3.05, 3.63) is 70.1 Å². The van der Waals surface area contributed by atoms with E-state index in [-0.39, 0.29) is 34.4 Å². The van der Waals surface area contributed by atoms with Gasteiger partial charge in [0.2, 0.25) is 11.9 Å². The molecule has 3 heterocycles. The molecule has 0 spiro atoms. The van der Waals surface area contributed by atoms with Gasteiger partial charge in [0.25, 0.3) is 5.91 Å². The highest BCUT2D eigenvalue weighted by Crippen LogP contribution is 2.34. The van der Waals surface area contributed by atoms with Gasteiger partial charge in [-0.2, -0.15) is 0 Å². The van der Waals surface area contributed by atoms with Crippen molar-refractivity contribution in [3.8, 4) is 17.0 Å². The number of rotatable bonds is 9. The second-order valence-corrected chi connectivity index (χ2v) is 10.5. The summed E-state index contributed by atoms with van der Waals surface area (Å²) < 4.78 is 26.0.